The normalized spacial score (nSPS) is 47.2. The number of aliphatic hydroxyl groups is 5. The molecule has 8 N–H and O–H groups in total. The van der Waals surface area contributed by atoms with E-state index >= 15 is 0 Å². The molecular weight excluding hydrogens is 618 g/mol. The molecule has 14 atom stereocenters. The summed E-state index contributed by atoms with van der Waals surface area (Å²) in [6.07, 6.45) is 5.25. The third kappa shape index (κ3) is 10.6. The van der Waals surface area contributed by atoms with Gasteiger partial charge in [-0.2, -0.15) is 0 Å². The van der Waals surface area contributed by atoms with Crippen molar-refractivity contribution in [3.05, 3.63) is 60.8 Å². The number of allylic oxidation sites excluding steroid dienone is 6. The maximum absolute atomic E-state index is 12.3. The van der Waals surface area contributed by atoms with Gasteiger partial charge in [0.25, 0.3) is 0 Å². The SMILES string of the molecule is C[C@@H]1O[C@@H](O[C@@H]2\C=C/C=C\C=C/C=C\C[C@H](C)OC(=O)/C=C\[C@H]3O[C@@H]3C[C@H](O)C[C@]3(O)C[C@@H](O)[C@@H](C(=O)O)[C@H](C2)O3)[C@H](O)[C@H](N)[C@@H]1O. The second-order valence-electron chi connectivity index (χ2n) is 12.6. The number of fused-ring (bicyclic) bond motifs is 3. The summed E-state index contributed by atoms with van der Waals surface area (Å²) in [6.45, 7) is 3.34. The second-order valence-corrected chi connectivity index (χ2v) is 12.6. The number of nitrogens with two attached hydrogens (primary N) is 1. The van der Waals surface area contributed by atoms with Gasteiger partial charge in [-0.3, -0.25) is 4.79 Å². The molecule has 0 amide bonds. The fourth-order valence-electron chi connectivity index (χ4n) is 6.00. The van der Waals surface area contributed by atoms with Crippen LogP contribution in [0.15, 0.2) is 60.8 Å². The molecule has 0 saturated carbocycles. The molecule has 0 aromatic rings. The van der Waals surface area contributed by atoms with Crippen LogP contribution in [-0.4, -0.2) is 122 Å². The molecule has 4 rings (SSSR count). The summed E-state index contributed by atoms with van der Waals surface area (Å²) in [5.41, 5.74) is 5.98. The van der Waals surface area contributed by atoms with Gasteiger partial charge in [0, 0.05) is 38.2 Å². The first-order valence-corrected chi connectivity index (χ1v) is 15.9. The highest BCUT2D eigenvalue weighted by atomic mass is 16.7. The molecule has 262 valence electrons. The standard InChI is InChI=1S/C33H47NO13/c1-18-10-8-6-4-3-5-7-9-11-21(45-32-30(39)28(34)29(38)19(2)44-32)15-25-27(31(40)41)22(36)17-33(42,47-25)16-20(35)14-24-23(46-24)12-13-26(37)43-18/h3-9,11-13,18-25,27-30,32,35-36,38-39,42H,10,14-17,34H2,1-2H3,(H,40,41)/b4-3-,7-5-,8-6-,11-9-,13-12-/t18-,19-,20-,21+,22+,23+,24+,25-,27+,28+,29+,30+,32-,33+/m0/s1. The van der Waals surface area contributed by atoms with Gasteiger partial charge in [0.15, 0.2) is 12.1 Å². The number of hydrogen-bond donors (Lipinski definition) is 7. The van der Waals surface area contributed by atoms with Gasteiger partial charge < -0.3 is 60.1 Å². The molecule has 4 heterocycles. The van der Waals surface area contributed by atoms with E-state index in [0.717, 1.165) is 0 Å². The number of aliphatic hydroxyl groups excluding tert-OH is 4. The van der Waals surface area contributed by atoms with E-state index in [1.807, 2.05) is 6.08 Å². The minimum Gasteiger partial charge on any atom is -0.481 e. The number of carboxylic acid groups (broad SMARTS) is 1. The maximum atomic E-state index is 12.3. The first kappa shape index (κ1) is 37.1. The Hall–Kier alpha value is -2.76. The van der Waals surface area contributed by atoms with Crippen LogP contribution >= 0.6 is 0 Å². The Morgan fingerprint density at radius 1 is 0.936 bits per heavy atom. The molecule has 4 aliphatic rings. The Kier molecular flexibility index (Phi) is 13.1. The van der Waals surface area contributed by atoms with Crippen LogP contribution in [0.3, 0.4) is 0 Å². The highest BCUT2D eigenvalue weighted by molar-refractivity contribution is 5.82. The van der Waals surface area contributed by atoms with Gasteiger partial charge in [-0.05, 0) is 19.9 Å². The molecular formula is C33H47NO13. The third-order valence-electron chi connectivity index (χ3n) is 8.58. The first-order chi connectivity index (χ1) is 22.3. The molecule has 3 fully saturated rings. The summed E-state index contributed by atoms with van der Waals surface area (Å²) in [6, 6.07) is -1.08. The third-order valence-corrected chi connectivity index (χ3v) is 8.58. The number of esters is 1. The lowest BCUT2D eigenvalue weighted by atomic mass is 9.83. The molecule has 3 saturated heterocycles. The Labute approximate surface area is 273 Å². The van der Waals surface area contributed by atoms with Crippen LogP contribution in [0.1, 0.15) is 46.0 Å². The lowest BCUT2D eigenvalue weighted by molar-refractivity contribution is -0.308. The minimum absolute atomic E-state index is 0.0789. The molecule has 14 nitrogen and oxygen atoms in total. The van der Waals surface area contributed by atoms with Gasteiger partial charge >= 0.3 is 11.9 Å². The summed E-state index contributed by atoms with van der Waals surface area (Å²) >= 11 is 0. The number of hydrogen-bond acceptors (Lipinski definition) is 13. The molecule has 0 aliphatic carbocycles. The van der Waals surface area contributed by atoms with Crippen molar-refractivity contribution in [2.75, 3.05) is 0 Å². The average Bonchev–Trinajstić information content (AvgIpc) is 3.72. The summed E-state index contributed by atoms with van der Waals surface area (Å²) in [7, 11) is 0. The van der Waals surface area contributed by atoms with Crippen molar-refractivity contribution in [1.82, 2.24) is 0 Å². The van der Waals surface area contributed by atoms with Gasteiger partial charge in [0.05, 0.1) is 48.8 Å². The fourth-order valence-corrected chi connectivity index (χ4v) is 6.00. The predicted octanol–water partition coefficient (Wildman–Crippen LogP) is 0.120. The molecule has 0 spiro atoms. The van der Waals surface area contributed by atoms with E-state index < -0.39 is 97.3 Å². The second kappa shape index (κ2) is 16.6. The van der Waals surface area contributed by atoms with Crippen molar-refractivity contribution < 1.29 is 63.9 Å². The van der Waals surface area contributed by atoms with Gasteiger partial charge in [0.2, 0.25) is 0 Å². The number of carbonyl (C=O) groups is 2. The molecule has 2 bridgehead atoms. The zero-order valence-electron chi connectivity index (χ0n) is 26.4. The lowest BCUT2D eigenvalue weighted by Crippen LogP contribution is -2.61. The minimum atomic E-state index is -2.10. The van der Waals surface area contributed by atoms with Crippen LogP contribution in [0, 0.1) is 5.92 Å². The Morgan fingerprint density at radius 3 is 2.36 bits per heavy atom. The van der Waals surface area contributed by atoms with E-state index in [1.165, 1.54) is 12.2 Å². The van der Waals surface area contributed by atoms with E-state index in [9.17, 15) is 40.2 Å². The molecule has 0 radical (unpaired) electrons. The smallest absolute Gasteiger partial charge is 0.330 e. The van der Waals surface area contributed by atoms with Crippen molar-refractivity contribution >= 4 is 11.9 Å². The molecule has 0 aromatic heterocycles. The van der Waals surface area contributed by atoms with Crippen molar-refractivity contribution in [3.63, 3.8) is 0 Å². The summed E-state index contributed by atoms with van der Waals surface area (Å²) < 4.78 is 28.5. The van der Waals surface area contributed by atoms with E-state index in [2.05, 4.69) is 0 Å². The van der Waals surface area contributed by atoms with Crippen LogP contribution in [0.5, 0.6) is 0 Å². The van der Waals surface area contributed by atoms with Crippen molar-refractivity contribution in [2.45, 2.75) is 125 Å². The summed E-state index contributed by atoms with van der Waals surface area (Å²) in [5.74, 6) is -5.45. The molecule has 0 aromatic carbocycles. The largest absolute Gasteiger partial charge is 0.481 e. The number of carboxylic acids is 1. The fraction of sp³-hybridized carbons (Fsp3) is 0.636. The van der Waals surface area contributed by atoms with Crippen molar-refractivity contribution in [3.8, 4) is 0 Å². The topological polar surface area (TPSA) is 231 Å². The maximum Gasteiger partial charge on any atom is 0.330 e. The van der Waals surface area contributed by atoms with Crippen LogP contribution in [-0.2, 0) is 33.3 Å². The van der Waals surface area contributed by atoms with Gasteiger partial charge in [-0.25, -0.2) is 4.79 Å². The zero-order valence-corrected chi connectivity index (χ0v) is 26.4. The van der Waals surface area contributed by atoms with E-state index in [-0.39, 0.29) is 25.4 Å². The number of carbonyl (C=O) groups excluding carboxylic acids is 1. The monoisotopic (exact) mass is 665 g/mol. The van der Waals surface area contributed by atoms with E-state index in [0.29, 0.717) is 6.42 Å². The average molecular weight is 666 g/mol. The lowest BCUT2D eigenvalue weighted by Gasteiger charge is -2.45. The number of cyclic esters (lactones) is 1. The van der Waals surface area contributed by atoms with Gasteiger partial charge in [-0.15, -0.1) is 0 Å². The highest BCUT2D eigenvalue weighted by Gasteiger charge is 2.51. The summed E-state index contributed by atoms with van der Waals surface area (Å²) in [5, 5.41) is 63.9. The number of ether oxygens (including phenoxy) is 5. The van der Waals surface area contributed by atoms with Crippen molar-refractivity contribution in [2.24, 2.45) is 11.7 Å². The van der Waals surface area contributed by atoms with Crippen LogP contribution < -0.4 is 5.73 Å². The highest BCUT2D eigenvalue weighted by Crippen LogP contribution is 2.39. The van der Waals surface area contributed by atoms with Gasteiger partial charge in [-0.1, -0.05) is 48.6 Å². The number of rotatable bonds is 3. The van der Waals surface area contributed by atoms with Gasteiger partial charge in [0.1, 0.15) is 24.2 Å². The van der Waals surface area contributed by atoms with Crippen molar-refractivity contribution in [1.29, 1.82) is 0 Å². The van der Waals surface area contributed by atoms with Crippen LogP contribution in [0.2, 0.25) is 0 Å². The Balaban J connectivity index is 1.58. The molecule has 0 unspecified atom stereocenters. The zero-order chi connectivity index (χ0) is 34.3. The number of epoxide rings is 1. The molecule has 4 aliphatic heterocycles. The summed E-state index contributed by atoms with van der Waals surface area (Å²) in [4.78, 5) is 24.4. The predicted molar refractivity (Wildman–Crippen MR) is 165 cm³/mol. The van der Waals surface area contributed by atoms with E-state index in [4.69, 9.17) is 29.4 Å². The van der Waals surface area contributed by atoms with E-state index in [1.54, 1.807) is 56.4 Å². The molecule has 47 heavy (non-hydrogen) atoms. The Morgan fingerprint density at radius 2 is 1.64 bits per heavy atom. The quantitative estimate of drug-likeness (QED) is 0.157. The van der Waals surface area contributed by atoms with Crippen LogP contribution in [0.25, 0.3) is 0 Å². The first-order valence-electron chi connectivity index (χ1n) is 15.9. The Bertz CT molecular complexity index is 1220. The number of aliphatic carboxylic acids is 1. The molecule has 14 heteroatoms. The van der Waals surface area contributed by atoms with Crippen LogP contribution in [0.4, 0.5) is 0 Å².